The zero-order chi connectivity index (χ0) is 21.8. The Hall–Kier alpha value is -2.24. The summed E-state index contributed by atoms with van der Waals surface area (Å²) in [7, 11) is 0. The van der Waals surface area contributed by atoms with Gasteiger partial charge in [0.25, 0.3) is 0 Å². The second kappa shape index (κ2) is 9.49. The van der Waals surface area contributed by atoms with Crippen molar-refractivity contribution in [2.24, 2.45) is 5.41 Å². The van der Waals surface area contributed by atoms with Gasteiger partial charge in [-0.05, 0) is 76.0 Å². The van der Waals surface area contributed by atoms with Crippen molar-refractivity contribution >= 4 is 23.2 Å². The molecule has 2 aromatic carbocycles. The number of anilines is 1. The highest BCUT2D eigenvalue weighted by atomic mass is 35.5. The van der Waals surface area contributed by atoms with E-state index >= 15 is 0 Å². The highest BCUT2D eigenvalue weighted by Gasteiger charge is 2.48. The molecule has 0 radical (unpaired) electrons. The molecule has 2 aromatic rings. The fourth-order valence-corrected chi connectivity index (χ4v) is 4.99. The summed E-state index contributed by atoms with van der Waals surface area (Å²) in [5.41, 5.74) is 1.93. The first-order valence-corrected chi connectivity index (χ1v) is 11.6. The van der Waals surface area contributed by atoms with Crippen LogP contribution in [0.15, 0.2) is 42.5 Å². The highest BCUT2D eigenvalue weighted by Crippen LogP contribution is 2.43. The molecule has 2 fully saturated rings. The Labute approximate surface area is 189 Å². The first kappa shape index (κ1) is 22.0. The molecule has 4 rings (SSSR count). The SMILES string of the molecule is CCOc1cc(CN2CCC3(CC2)CCN(c2ccccc2)C3=O)cc(OCC)c1Cl. The van der Waals surface area contributed by atoms with Crippen LogP contribution in [-0.2, 0) is 11.3 Å². The lowest BCUT2D eigenvalue weighted by molar-refractivity contribution is -0.128. The number of piperidine rings is 1. The lowest BCUT2D eigenvalue weighted by Gasteiger charge is -2.38. The maximum absolute atomic E-state index is 13.3. The molecule has 6 heteroatoms. The van der Waals surface area contributed by atoms with Gasteiger partial charge in [-0.25, -0.2) is 0 Å². The summed E-state index contributed by atoms with van der Waals surface area (Å²) in [4.78, 5) is 17.7. The zero-order valence-electron chi connectivity index (χ0n) is 18.4. The highest BCUT2D eigenvalue weighted by molar-refractivity contribution is 6.33. The van der Waals surface area contributed by atoms with E-state index in [0.717, 1.165) is 56.7 Å². The van der Waals surface area contributed by atoms with Crippen LogP contribution >= 0.6 is 11.6 Å². The van der Waals surface area contributed by atoms with E-state index in [1.54, 1.807) is 0 Å². The quantitative estimate of drug-likeness (QED) is 0.594. The van der Waals surface area contributed by atoms with Gasteiger partial charge in [0.2, 0.25) is 5.91 Å². The molecule has 0 unspecified atom stereocenters. The maximum atomic E-state index is 13.3. The molecule has 2 saturated heterocycles. The Kier molecular flexibility index (Phi) is 6.73. The van der Waals surface area contributed by atoms with Crippen LogP contribution in [-0.4, -0.2) is 43.7 Å². The van der Waals surface area contributed by atoms with Gasteiger partial charge in [0, 0.05) is 18.8 Å². The second-order valence-electron chi connectivity index (χ2n) is 8.37. The van der Waals surface area contributed by atoms with Gasteiger partial charge in [-0.1, -0.05) is 29.8 Å². The zero-order valence-corrected chi connectivity index (χ0v) is 19.2. The average Bonchev–Trinajstić information content (AvgIpc) is 3.10. The second-order valence-corrected chi connectivity index (χ2v) is 8.75. The molecule has 0 saturated carbocycles. The Morgan fingerprint density at radius 2 is 1.52 bits per heavy atom. The van der Waals surface area contributed by atoms with Crippen molar-refractivity contribution in [2.45, 2.75) is 39.7 Å². The molecule has 1 amide bonds. The van der Waals surface area contributed by atoms with Crippen molar-refractivity contribution in [3.8, 4) is 11.5 Å². The number of hydrogen-bond donors (Lipinski definition) is 0. The summed E-state index contributed by atoms with van der Waals surface area (Å²) in [5.74, 6) is 1.63. The Balaban J connectivity index is 1.42. The lowest BCUT2D eigenvalue weighted by atomic mass is 9.77. The van der Waals surface area contributed by atoms with Gasteiger partial charge >= 0.3 is 0 Å². The number of hydrogen-bond acceptors (Lipinski definition) is 4. The molecule has 0 aromatic heterocycles. The molecule has 0 aliphatic carbocycles. The minimum Gasteiger partial charge on any atom is -0.492 e. The summed E-state index contributed by atoms with van der Waals surface area (Å²) in [6.45, 7) is 8.44. The molecular formula is C25H31ClN2O3. The van der Waals surface area contributed by atoms with Crippen LogP contribution in [0.4, 0.5) is 5.69 Å². The van der Waals surface area contributed by atoms with Crippen LogP contribution < -0.4 is 14.4 Å². The van der Waals surface area contributed by atoms with Crippen molar-refractivity contribution in [1.82, 2.24) is 4.90 Å². The molecule has 1 spiro atoms. The van der Waals surface area contributed by atoms with Crippen LogP contribution in [0.1, 0.15) is 38.7 Å². The van der Waals surface area contributed by atoms with Crippen LogP contribution in [0.2, 0.25) is 5.02 Å². The smallest absolute Gasteiger partial charge is 0.233 e. The topological polar surface area (TPSA) is 42.0 Å². The molecule has 0 bridgehead atoms. The maximum Gasteiger partial charge on any atom is 0.233 e. The third-order valence-electron chi connectivity index (χ3n) is 6.47. The summed E-state index contributed by atoms with van der Waals surface area (Å²) in [5, 5.41) is 0.530. The number of likely N-dealkylation sites (tertiary alicyclic amines) is 1. The molecule has 2 heterocycles. The van der Waals surface area contributed by atoms with Crippen molar-refractivity contribution in [3.63, 3.8) is 0 Å². The predicted molar refractivity (Wildman–Crippen MR) is 124 cm³/mol. The number of para-hydroxylation sites is 1. The van der Waals surface area contributed by atoms with E-state index in [1.165, 1.54) is 0 Å². The third kappa shape index (κ3) is 4.53. The van der Waals surface area contributed by atoms with Crippen molar-refractivity contribution < 1.29 is 14.3 Å². The standard InChI is InChI=1S/C25H31ClN2O3/c1-3-30-21-16-19(17-22(23(21)26)31-4-2)18-27-13-10-25(11-14-27)12-15-28(24(25)29)20-8-6-5-7-9-20/h5-9,16-17H,3-4,10-15,18H2,1-2H3. The number of benzene rings is 2. The van der Waals surface area contributed by atoms with Crippen molar-refractivity contribution in [2.75, 3.05) is 37.7 Å². The van der Waals surface area contributed by atoms with Gasteiger partial charge in [0.1, 0.15) is 16.5 Å². The van der Waals surface area contributed by atoms with Gasteiger partial charge in [0.05, 0.1) is 18.6 Å². The summed E-state index contributed by atoms with van der Waals surface area (Å²) in [6.07, 6.45) is 2.75. The van der Waals surface area contributed by atoms with Gasteiger partial charge in [-0.3, -0.25) is 9.69 Å². The van der Waals surface area contributed by atoms with Crippen LogP contribution in [0, 0.1) is 5.41 Å². The minimum absolute atomic E-state index is 0.209. The molecule has 0 atom stereocenters. The van der Waals surface area contributed by atoms with Crippen molar-refractivity contribution in [3.05, 3.63) is 53.1 Å². The molecule has 2 aliphatic heterocycles. The summed E-state index contributed by atoms with van der Waals surface area (Å²) >= 11 is 6.44. The third-order valence-corrected chi connectivity index (χ3v) is 6.84. The van der Waals surface area contributed by atoms with Crippen molar-refractivity contribution in [1.29, 1.82) is 0 Å². The van der Waals surface area contributed by atoms with E-state index in [2.05, 4.69) is 4.90 Å². The number of rotatable bonds is 7. The van der Waals surface area contributed by atoms with E-state index < -0.39 is 0 Å². The Morgan fingerprint density at radius 3 is 2.10 bits per heavy atom. The van der Waals surface area contributed by atoms with Gasteiger partial charge in [0.15, 0.2) is 0 Å². The number of amides is 1. The number of ether oxygens (including phenoxy) is 2. The fraction of sp³-hybridized carbons (Fsp3) is 0.480. The van der Waals surface area contributed by atoms with E-state index in [0.29, 0.717) is 35.6 Å². The number of carbonyl (C=O) groups excluding carboxylic acids is 1. The first-order valence-electron chi connectivity index (χ1n) is 11.2. The van der Waals surface area contributed by atoms with E-state index in [9.17, 15) is 4.79 Å². The summed E-state index contributed by atoms with van der Waals surface area (Å²) in [6, 6.07) is 14.1. The molecule has 2 aliphatic rings. The Bertz CT molecular complexity index is 883. The first-order chi connectivity index (χ1) is 15.1. The number of halogens is 1. The van der Waals surface area contributed by atoms with E-state index in [-0.39, 0.29) is 5.41 Å². The van der Waals surface area contributed by atoms with Crippen LogP contribution in [0.3, 0.4) is 0 Å². The van der Waals surface area contributed by atoms with Gasteiger partial charge < -0.3 is 14.4 Å². The van der Waals surface area contributed by atoms with Gasteiger partial charge in [-0.15, -0.1) is 0 Å². The molecular weight excluding hydrogens is 412 g/mol. The summed E-state index contributed by atoms with van der Waals surface area (Å²) < 4.78 is 11.4. The minimum atomic E-state index is -0.209. The largest absolute Gasteiger partial charge is 0.492 e. The average molecular weight is 443 g/mol. The number of nitrogens with zero attached hydrogens (tertiary/aromatic N) is 2. The Morgan fingerprint density at radius 1 is 0.935 bits per heavy atom. The lowest BCUT2D eigenvalue weighted by Crippen LogP contribution is -2.44. The normalized spacial score (nSPS) is 18.5. The molecule has 166 valence electrons. The monoisotopic (exact) mass is 442 g/mol. The number of carbonyl (C=O) groups is 1. The molecule has 5 nitrogen and oxygen atoms in total. The predicted octanol–water partition coefficient (Wildman–Crippen LogP) is 5.16. The van der Waals surface area contributed by atoms with E-state index in [1.807, 2.05) is 61.2 Å². The van der Waals surface area contributed by atoms with Crippen LogP contribution in [0.25, 0.3) is 0 Å². The van der Waals surface area contributed by atoms with Gasteiger partial charge in [-0.2, -0.15) is 0 Å². The van der Waals surface area contributed by atoms with E-state index in [4.69, 9.17) is 21.1 Å². The molecule has 31 heavy (non-hydrogen) atoms. The van der Waals surface area contributed by atoms with Crippen LogP contribution in [0.5, 0.6) is 11.5 Å². The fourth-order valence-electron chi connectivity index (χ4n) is 4.78. The molecule has 0 N–H and O–H groups in total.